The van der Waals surface area contributed by atoms with E-state index in [9.17, 15) is 4.79 Å². The molecule has 126 valence electrons. The first kappa shape index (κ1) is 15.2. The largest absolute Gasteiger partial charge is 0.369 e. The lowest BCUT2D eigenvalue weighted by Crippen LogP contribution is -2.41. The Kier molecular flexibility index (Phi) is 3.92. The van der Waals surface area contributed by atoms with E-state index >= 15 is 0 Å². The minimum Gasteiger partial charge on any atom is -0.369 e. The van der Waals surface area contributed by atoms with Gasteiger partial charge in [0, 0.05) is 25.1 Å². The summed E-state index contributed by atoms with van der Waals surface area (Å²) in [6.45, 7) is 5.86. The topological polar surface area (TPSA) is 58.2 Å². The van der Waals surface area contributed by atoms with E-state index in [4.69, 9.17) is 4.74 Å². The number of likely N-dealkylation sites (tertiary alicyclic amines) is 1. The van der Waals surface area contributed by atoms with Crippen LogP contribution in [0.15, 0.2) is 0 Å². The van der Waals surface area contributed by atoms with Crippen molar-refractivity contribution in [3.63, 3.8) is 0 Å². The van der Waals surface area contributed by atoms with E-state index in [1.807, 2.05) is 11.8 Å². The first-order valence-corrected chi connectivity index (χ1v) is 9.15. The first-order chi connectivity index (χ1) is 11.1. The van der Waals surface area contributed by atoms with Crippen molar-refractivity contribution in [1.82, 2.24) is 15.1 Å². The van der Waals surface area contributed by atoms with Crippen LogP contribution in [0.1, 0.15) is 73.8 Å². The monoisotopic (exact) mass is 317 g/mol. The number of aromatic nitrogens is 2. The molecule has 0 bridgehead atoms. The Hall–Kier alpha value is -1.36. The van der Waals surface area contributed by atoms with Crippen LogP contribution in [-0.4, -0.2) is 40.2 Å². The predicted molar refractivity (Wildman–Crippen MR) is 87.2 cm³/mol. The van der Waals surface area contributed by atoms with Crippen molar-refractivity contribution in [1.29, 1.82) is 0 Å². The van der Waals surface area contributed by atoms with Gasteiger partial charge in [-0.15, -0.1) is 0 Å². The molecule has 3 heterocycles. The number of carbonyl (C=O) groups is 1. The van der Waals surface area contributed by atoms with Crippen molar-refractivity contribution in [3.8, 4) is 0 Å². The normalized spacial score (nSPS) is 29.2. The highest BCUT2D eigenvalue weighted by molar-refractivity contribution is 5.94. The first-order valence-electron chi connectivity index (χ1n) is 9.15. The molecule has 0 unspecified atom stereocenters. The number of rotatable bonds is 2. The third-order valence-corrected chi connectivity index (χ3v) is 6.08. The number of carbonyl (C=O) groups excluding carboxylic acids is 1. The van der Waals surface area contributed by atoms with Gasteiger partial charge in [-0.3, -0.25) is 9.89 Å². The van der Waals surface area contributed by atoms with Gasteiger partial charge in [-0.05, 0) is 38.5 Å². The summed E-state index contributed by atoms with van der Waals surface area (Å²) < 4.78 is 5.81. The van der Waals surface area contributed by atoms with Gasteiger partial charge in [-0.2, -0.15) is 5.10 Å². The molecular weight excluding hydrogens is 290 g/mol. The molecule has 0 spiro atoms. The maximum absolute atomic E-state index is 12.9. The van der Waals surface area contributed by atoms with E-state index in [1.54, 1.807) is 0 Å². The number of nitrogens with zero attached hydrogens (tertiary/aromatic N) is 2. The number of nitrogens with one attached hydrogen (secondary N) is 1. The lowest BCUT2D eigenvalue weighted by Gasteiger charge is -2.39. The number of hydrogen-bond donors (Lipinski definition) is 1. The SMILES string of the molecule is C[C@@H]1Cc2c(C(=O)N3CCC(C4CCC4)CC3)n[nH]c2[C@H](C)O1. The molecule has 2 atom stereocenters. The highest BCUT2D eigenvalue weighted by Gasteiger charge is 2.35. The average Bonchev–Trinajstić information content (AvgIpc) is 2.89. The van der Waals surface area contributed by atoms with Gasteiger partial charge in [0.2, 0.25) is 0 Å². The van der Waals surface area contributed by atoms with Crippen molar-refractivity contribution in [2.75, 3.05) is 13.1 Å². The summed E-state index contributed by atoms with van der Waals surface area (Å²) in [5.41, 5.74) is 2.68. The number of fused-ring (bicyclic) bond motifs is 1. The van der Waals surface area contributed by atoms with E-state index in [-0.39, 0.29) is 18.1 Å². The fraction of sp³-hybridized carbons (Fsp3) is 0.778. The van der Waals surface area contributed by atoms with E-state index in [2.05, 4.69) is 17.1 Å². The molecule has 2 fully saturated rings. The number of piperidine rings is 1. The van der Waals surface area contributed by atoms with Crippen molar-refractivity contribution in [2.24, 2.45) is 11.8 Å². The Morgan fingerprint density at radius 1 is 1.17 bits per heavy atom. The molecule has 1 N–H and O–H groups in total. The van der Waals surface area contributed by atoms with Gasteiger partial charge in [0.15, 0.2) is 5.69 Å². The van der Waals surface area contributed by atoms with Gasteiger partial charge in [0.1, 0.15) is 0 Å². The van der Waals surface area contributed by atoms with Crippen LogP contribution in [0.2, 0.25) is 0 Å². The Balaban J connectivity index is 1.46. The number of hydrogen-bond acceptors (Lipinski definition) is 3. The summed E-state index contributed by atoms with van der Waals surface area (Å²) in [5, 5.41) is 7.38. The molecule has 3 aliphatic rings. The van der Waals surface area contributed by atoms with Crippen LogP contribution in [0.5, 0.6) is 0 Å². The van der Waals surface area contributed by atoms with Crippen LogP contribution < -0.4 is 0 Å². The van der Waals surface area contributed by atoms with Gasteiger partial charge in [0.25, 0.3) is 5.91 Å². The molecule has 1 aromatic rings. The number of aromatic amines is 1. The van der Waals surface area contributed by atoms with Crippen LogP contribution in [0.3, 0.4) is 0 Å². The molecule has 4 rings (SSSR count). The molecule has 1 saturated carbocycles. The second-order valence-electron chi connectivity index (χ2n) is 7.58. The lowest BCUT2D eigenvalue weighted by atomic mass is 9.72. The quantitative estimate of drug-likeness (QED) is 0.912. The second kappa shape index (κ2) is 5.93. The maximum atomic E-state index is 12.9. The lowest BCUT2D eigenvalue weighted by molar-refractivity contribution is -0.00704. The molecule has 23 heavy (non-hydrogen) atoms. The van der Waals surface area contributed by atoms with Crippen molar-refractivity contribution >= 4 is 5.91 Å². The molecule has 0 aromatic carbocycles. The Bertz CT molecular complexity index is 585. The minimum atomic E-state index is -0.00727. The zero-order valence-corrected chi connectivity index (χ0v) is 14.2. The molecule has 1 aromatic heterocycles. The highest BCUT2D eigenvalue weighted by Crippen LogP contribution is 2.39. The third kappa shape index (κ3) is 2.69. The van der Waals surface area contributed by atoms with Gasteiger partial charge in [-0.25, -0.2) is 0 Å². The van der Waals surface area contributed by atoms with Gasteiger partial charge in [-0.1, -0.05) is 19.3 Å². The summed E-state index contributed by atoms with van der Waals surface area (Å²) in [6.07, 6.45) is 7.45. The smallest absolute Gasteiger partial charge is 0.274 e. The number of ether oxygens (including phenoxy) is 1. The molecular formula is C18H27N3O2. The summed E-state index contributed by atoms with van der Waals surface area (Å²) in [5.74, 6) is 1.88. The standard InChI is InChI=1S/C18H27N3O2/c1-11-10-15-16(12(2)23-11)19-20-17(15)18(22)21-8-6-14(7-9-21)13-4-3-5-13/h11-14H,3-10H2,1-2H3,(H,19,20)/t11-,12+/m1/s1. The van der Waals surface area contributed by atoms with E-state index in [0.717, 1.165) is 42.6 Å². The fourth-order valence-corrected chi connectivity index (χ4v) is 4.49. The summed E-state index contributed by atoms with van der Waals surface area (Å²) in [7, 11) is 0. The number of H-pyrrole nitrogens is 1. The summed E-state index contributed by atoms with van der Waals surface area (Å²) >= 11 is 0. The predicted octanol–water partition coefficient (Wildman–Crippen LogP) is 3.08. The molecule has 5 nitrogen and oxygen atoms in total. The number of amides is 1. The summed E-state index contributed by atoms with van der Waals surface area (Å²) in [4.78, 5) is 14.9. The summed E-state index contributed by atoms with van der Waals surface area (Å²) in [6, 6.07) is 0. The Labute approximate surface area is 137 Å². The Morgan fingerprint density at radius 2 is 1.87 bits per heavy atom. The van der Waals surface area contributed by atoms with E-state index in [1.165, 1.54) is 32.1 Å². The maximum Gasteiger partial charge on any atom is 0.274 e. The molecule has 1 amide bonds. The minimum absolute atomic E-state index is 0.00727. The molecule has 1 aliphatic carbocycles. The van der Waals surface area contributed by atoms with Crippen LogP contribution >= 0.6 is 0 Å². The van der Waals surface area contributed by atoms with Gasteiger partial charge >= 0.3 is 0 Å². The molecule has 2 aliphatic heterocycles. The van der Waals surface area contributed by atoms with Gasteiger partial charge < -0.3 is 9.64 Å². The van der Waals surface area contributed by atoms with Crippen LogP contribution in [0.25, 0.3) is 0 Å². The zero-order chi connectivity index (χ0) is 16.0. The van der Waals surface area contributed by atoms with Crippen molar-refractivity contribution in [3.05, 3.63) is 17.0 Å². The molecule has 5 heteroatoms. The second-order valence-corrected chi connectivity index (χ2v) is 7.58. The zero-order valence-electron chi connectivity index (χ0n) is 14.2. The van der Waals surface area contributed by atoms with E-state index < -0.39 is 0 Å². The third-order valence-electron chi connectivity index (χ3n) is 6.08. The molecule has 1 saturated heterocycles. The average molecular weight is 317 g/mol. The Morgan fingerprint density at radius 3 is 2.52 bits per heavy atom. The molecule has 0 radical (unpaired) electrons. The van der Waals surface area contributed by atoms with Crippen molar-refractivity contribution in [2.45, 2.75) is 64.6 Å². The highest BCUT2D eigenvalue weighted by atomic mass is 16.5. The van der Waals surface area contributed by atoms with E-state index in [0.29, 0.717) is 5.69 Å². The van der Waals surface area contributed by atoms with Crippen molar-refractivity contribution < 1.29 is 9.53 Å². The van der Waals surface area contributed by atoms with Gasteiger partial charge in [0.05, 0.1) is 17.9 Å². The van der Waals surface area contributed by atoms with Crippen LogP contribution in [0.4, 0.5) is 0 Å². The fourth-order valence-electron chi connectivity index (χ4n) is 4.49. The van der Waals surface area contributed by atoms with Crippen LogP contribution in [0, 0.1) is 11.8 Å². The van der Waals surface area contributed by atoms with Crippen LogP contribution in [-0.2, 0) is 11.2 Å².